The number of thiocarbonyl (C=S) groups is 1. The minimum Gasteiger partial charge on any atom is -0.507 e. The van der Waals surface area contributed by atoms with Crippen molar-refractivity contribution in [2.75, 3.05) is 5.32 Å². The summed E-state index contributed by atoms with van der Waals surface area (Å²) in [6.45, 7) is 12.3. The third-order valence-corrected chi connectivity index (χ3v) is 6.12. The van der Waals surface area contributed by atoms with Crippen LogP contribution in [0.5, 0.6) is 11.5 Å². The summed E-state index contributed by atoms with van der Waals surface area (Å²) in [6, 6.07) is 6.24. The van der Waals surface area contributed by atoms with Crippen LogP contribution < -0.4 is 10.1 Å². The van der Waals surface area contributed by atoms with Crippen LogP contribution in [0, 0.1) is 34.6 Å². The molecule has 1 atom stereocenters. The van der Waals surface area contributed by atoms with Crippen molar-refractivity contribution >= 4 is 22.9 Å². The molecule has 0 aliphatic carbocycles. The minimum absolute atomic E-state index is 0.353. The third-order valence-electron chi connectivity index (χ3n) is 5.87. The fourth-order valence-electron chi connectivity index (χ4n) is 3.95. The molecular weight excluding hydrogens is 354 g/mol. The highest BCUT2D eigenvalue weighted by molar-refractivity contribution is 7.80. The van der Waals surface area contributed by atoms with Gasteiger partial charge in [0.15, 0.2) is 0 Å². The maximum absolute atomic E-state index is 10.3. The van der Waals surface area contributed by atoms with Crippen molar-refractivity contribution in [2.24, 2.45) is 0 Å². The van der Waals surface area contributed by atoms with Crippen molar-refractivity contribution in [2.45, 2.75) is 66.4 Å². The fourth-order valence-corrected chi connectivity index (χ4v) is 4.36. The molecule has 0 saturated heterocycles. The smallest absolute Gasteiger partial charge is 0.127 e. The van der Waals surface area contributed by atoms with E-state index in [1.807, 2.05) is 20.8 Å². The first-order valence-electron chi connectivity index (χ1n) is 9.49. The molecular formula is C23H29NO2S. The van der Waals surface area contributed by atoms with E-state index >= 15 is 0 Å². The second-order valence-electron chi connectivity index (χ2n) is 8.08. The number of aryl methyl sites for hydroxylation is 2. The van der Waals surface area contributed by atoms with Gasteiger partial charge in [0.1, 0.15) is 17.1 Å². The van der Waals surface area contributed by atoms with Crippen molar-refractivity contribution in [1.29, 1.82) is 0 Å². The molecule has 2 aromatic carbocycles. The fraction of sp³-hybridized carbons (Fsp3) is 0.435. The lowest BCUT2D eigenvalue weighted by atomic mass is 9.85. The Morgan fingerprint density at radius 2 is 1.74 bits per heavy atom. The van der Waals surface area contributed by atoms with Crippen molar-refractivity contribution in [1.82, 2.24) is 0 Å². The average molecular weight is 384 g/mol. The lowest BCUT2D eigenvalue weighted by Gasteiger charge is -2.38. The molecule has 144 valence electrons. The molecule has 0 saturated carbocycles. The van der Waals surface area contributed by atoms with Gasteiger partial charge in [0, 0.05) is 17.7 Å². The molecule has 0 spiro atoms. The van der Waals surface area contributed by atoms with Gasteiger partial charge in [-0.05, 0) is 82.2 Å². The van der Waals surface area contributed by atoms with Crippen molar-refractivity contribution in [3.05, 3.63) is 51.6 Å². The van der Waals surface area contributed by atoms with Crippen LogP contribution in [0.25, 0.3) is 0 Å². The molecule has 0 bridgehead atoms. The standard InChI is InChI=1S/C23H29NO2S/c1-13-8-7-9-14(2)20(13)24-19(27)12-23(6)11-10-18-17(5)21(25)15(3)16(4)22(18)26-23/h7-9,25H,10-12H2,1-6H3,(H,24,27). The number of nitrogens with one attached hydrogen (secondary N) is 1. The Bertz CT molecular complexity index is 899. The molecule has 27 heavy (non-hydrogen) atoms. The number of para-hydroxylation sites is 1. The first kappa shape index (κ1) is 19.7. The van der Waals surface area contributed by atoms with Crippen LogP contribution in [-0.2, 0) is 6.42 Å². The van der Waals surface area contributed by atoms with Crippen LogP contribution >= 0.6 is 12.2 Å². The van der Waals surface area contributed by atoms with Crippen LogP contribution in [0.3, 0.4) is 0 Å². The van der Waals surface area contributed by atoms with Gasteiger partial charge in [-0.2, -0.15) is 0 Å². The SMILES string of the molecule is Cc1cccc(C)c1NC(=S)CC1(C)CCc2c(C)c(O)c(C)c(C)c2O1. The first-order chi connectivity index (χ1) is 12.6. The molecule has 0 amide bonds. The zero-order valence-corrected chi connectivity index (χ0v) is 17.9. The summed E-state index contributed by atoms with van der Waals surface area (Å²) in [6.07, 6.45) is 2.42. The molecule has 3 rings (SSSR count). The summed E-state index contributed by atoms with van der Waals surface area (Å²) in [4.78, 5) is 0.795. The highest BCUT2D eigenvalue weighted by Crippen LogP contribution is 2.44. The van der Waals surface area contributed by atoms with E-state index in [0.717, 1.165) is 51.5 Å². The number of hydrogen-bond donors (Lipinski definition) is 2. The van der Waals surface area contributed by atoms with Crippen LogP contribution in [0.2, 0.25) is 0 Å². The zero-order chi connectivity index (χ0) is 19.9. The predicted molar refractivity (Wildman–Crippen MR) is 116 cm³/mol. The summed E-state index contributed by atoms with van der Waals surface area (Å²) < 4.78 is 6.50. The van der Waals surface area contributed by atoms with Gasteiger partial charge in [-0.15, -0.1) is 0 Å². The molecule has 2 N–H and O–H groups in total. The lowest BCUT2D eigenvalue weighted by molar-refractivity contribution is 0.0716. The van der Waals surface area contributed by atoms with Gasteiger partial charge in [-0.1, -0.05) is 30.4 Å². The van der Waals surface area contributed by atoms with Gasteiger partial charge in [0.05, 0.1) is 4.99 Å². The normalized spacial score (nSPS) is 18.6. The van der Waals surface area contributed by atoms with Gasteiger partial charge in [0.25, 0.3) is 0 Å². The second kappa shape index (κ2) is 7.16. The van der Waals surface area contributed by atoms with E-state index in [0.29, 0.717) is 12.2 Å². The Labute approximate surface area is 167 Å². The predicted octanol–water partition coefficient (Wildman–Crippen LogP) is 5.85. The summed E-state index contributed by atoms with van der Waals surface area (Å²) >= 11 is 5.68. The second-order valence-corrected chi connectivity index (χ2v) is 8.57. The monoisotopic (exact) mass is 383 g/mol. The maximum Gasteiger partial charge on any atom is 0.127 e. The molecule has 2 aromatic rings. The largest absolute Gasteiger partial charge is 0.507 e. The van der Waals surface area contributed by atoms with E-state index in [1.165, 1.54) is 11.1 Å². The average Bonchev–Trinajstić information content (AvgIpc) is 2.61. The molecule has 0 radical (unpaired) electrons. The molecule has 1 unspecified atom stereocenters. The van der Waals surface area contributed by atoms with E-state index in [1.54, 1.807) is 0 Å². The molecule has 0 aromatic heterocycles. The highest BCUT2D eigenvalue weighted by atomic mass is 32.1. The first-order valence-corrected chi connectivity index (χ1v) is 9.90. The van der Waals surface area contributed by atoms with Gasteiger partial charge in [-0.3, -0.25) is 0 Å². The minimum atomic E-state index is -0.353. The molecule has 4 heteroatoms. The van der Waals surface area contributed by atoms with Crippen LogP contribution in [0.1, 0.15) is 53.1 Å². The number of anilines is 1. The Hall–Kier alpha value is -2.07. The quantitative estimate of drug-likeness (QED) is 0.653. The van der Waals surface area contributed by atoms with E-state index < -0.39 is 0 Å². The lowest BCUT2D eigenvalue weighted by Crippen LogP contribution is -2.40. The number of fused-ring (bicyclic) bond motifs is 1. The zero-order valence-electron chi connectivity index (χ0n) is 17.1. The number of hydrogen-bond acceptors (Lipinski definition) is 3. The van der Waals surface area contributed by atoms with E-state index in [-0.39, 0.29) is 5.60 Å². The highest BCUT2D eigenvalue weighted by Gasteiger charge is 2.35. The number of benzene rings is 2. The maximum atomic E-state index is 10.3. The summed E-state index contributed by atoms with van der Waals surface area (Å²) in [5.41, 5.74) is 7.10. The number of rotatable bonds is 3. The third kappa shape index (κ3) is 3.68. The molecule has 1 aliphatic heterocycles. The summed E-state index contributed by atoms with van der Waals surface area (Å²) in [5.74, 6) is 1.32. The van der Waals surface area contributed by atoms with E-state index in [9.17, 15) is 5.11 Å². The van der Waals surface area contributed by atoms with Crippen LogP contribution in [0.4, 0.5) is 5.69 Å². The Morgan fingerprint density at radius 3 is 2.37 bits per heavy atom. The Kier molecular flexibility index (Phi) is 5.22. The van der Waals surface area contributed by atoms with Crippen LogP contribution in [0.15, 0.2) is 18.2 Å². The van der Waals surface area contributed by atoms with Crippen molar-refractivity contribution in [3.8, 4) is 11.5 Å². The Balaban J connectivity index is 1.82. The van der Waals surface area contributed by atoms with Crippen LogP contribution in [-0.4, -0.2) is 15.7 Å². The molecule has 3 nitrogen and oxygen atoms in total. The summed E-state index contributed by atoms with van der Waals surface area (Å²) in [7, 11) is 0. The Morgan fingerprint density at radius 1 is 1.11 bits per heavy atom. The van der Waals surface area contributed by atoms with Crippen molar-refractivity contribution in [3.63, 3.8) is 0 Å². The molecule has 1 aliphatic rings. The number of ether oxygens (including phenoxy) is 1. The van der Waals surface area contributed by atoms with Gasteiger partial charge in [0.2, 0.25) is 0 Å². The van der Waals surface area contributed by atoms with Gasteiger partial charge >= 0.3 is 0 Å². The number of phenolic OH excluding ortho intramolecular Hbond substituents is 1. The van der Waals surface area contributed by atoms with Crippen molar-refractivity contribution < 1.29 is 9.84 Å². The molecule has 0 fully saturated rings. The number of aromatic hydroxyl groups is 1. The summed E-state index contributed by atoms with van der Waals surface area (Å²) in [5, 5.41) is 13.8. The van der Waals surface area contributed by atoms with Gasteiger partial charge < -0.3 is 15.2 Å². The topological polar surface area (TPSA) is 41.5 Å². The molecule has 1 heterocycles. The number of phenols is 1. The van der Waals surface area contributed by atoms with E-state index in [2.05, 4.69) is 44.3 Å². The van der Waals surface area contributed by atoms with Gasteiger partial charge in [-0.25, -0.2) is 0 Å². The van der Waals surface area contributed by atoms with E-state index in [4.69, 9.17) is 17.0 Å².